The molecule has 1 aromatic heterocycles. The zero-order valence-electron chi connectivity index (χ0n) is 11.2. The second kappa shape index (κ2) is 5.29. The fourth-order valence-electron chi connectivity index (χ4n) is 2.31. The topological polar surface area (TPSA) is 84.5 Å². The van der Waals surface area contributed by atoms with Crippen molar-refractivity contribution in [2.45, 2.75) is 25.4 Å². The summed E-state index contributed by atoms with van der Waals surface area (Å²) in [6, 6.07) is 1.30. The molecular weight excluding hydrogens is 246 g/mol. The molecule has 0 spiro atoms. The van der Waals surface area contributed by atoms with E-state index >= 15 is 0 Å². The Morgan fingerprint density at radius 1 is 1.53 bits per heavy atom. The number of likely N-dealkylation sites (tertiary alicyclic amines) is 1. The number of hydrogen-bond acceptors (Lipinski definition) is 4. The van der Waals surface area contributed by atoms with Crippen molar-refractivity contribution < 1.29 is 9.59 Å². The number of amides is 2. The Kier molecular flexibility index (Phi) is 3.73. The first-order valence-electron chi connectivity index (χ1n) is 6.28. The molecule has 1 unspecified atom stereocenters. The maximum Gasteiger partial charge on any atom is 0.244 e. The first kappa shape index (κ1) is 13.4. The normalized spacial score (nSPS) is 18.6. The third-order valence-electron chi connectivity index (χ3n) is 3.26. The van der Waals surface area contributed by atoms with Crippen LogP contribution < -0.4 is 5.73 Å². The van der Waals surface area contributed by atoms with Crippen LogP contribution in [-0.4, -0.2) is 58.1 Å². The van der Waals surface area contributed by atoms with Gasteiger partial charge in [-0.1, -0.05) is 0 Å². The molecule has 7 nitrogen and oxygen atoms in total. The van der Waals surface area contributed by atoms with E-state index in [9.17, 15) is 9.59 Å². The summed E-state index contributed by atoms with van der Waals surface area (Å²) in [4.78, 5) is 27.4. The summed E-state index contributed by atoms with van der Waals surface area (Å²) in [6.45, 7) is 0.744. The second-order valence-electron chi connectivity index (χ2n) is 4.92. The highest BCUT2D eigenvalue weighted by Crippen LogP contribution is 2.19. The van der Waals surface area contributed by atoms with Gasteiger partial charge in [0.1, 0.15) is 18.4 Å². The van der Waals surface area contributed by atoms with Gasteiger partial charge in [-0.2, -0.15) is 5.10 Å². The molecule has 0 saturated carbocycles. The fourth-order valence-corrected chi connectivity index (χ4v) is 2.31. The van der Waals surface area contributed by atoms with Crippen molar-refractivity contribution in [2.24, 2.45) is 0 Å². The van der Waals surface area contributed by atoms with Gasteiger partial charge in [-0.05, 0) is 18.9 Å². The highest BCUT2D eigenvalue weighted by molar-refractivity contribution is 5.87. The summed E-state index contributed by atoms with van der Waals surface area (Å²) < 4.78 is 1.49. The van der Waals surface area contributed by atoms with Crippen LogP contribution in [0.15, 0.2) is 12.3 Å². The summed E-state index contributed by atoms with van der Waals surface area (Å²) in [7, 11) is 3.41. The standard InChI is InChI=1S/C12H19N5O2/c1-15(2)12(19)9-4-3-6-17(9)11(18)8-16-7-5-10(13)14-16/h5,7,9H,3-4,6,8H2,1-2H3,(H2,13,14). The largest absolute Gasteiger partial charge is 0.382 e. The Balaban J connectivity index is 2.03. The fraction of sp³-hybridized carbons (Fsp3) is 0.583. The molecule has 7 heteroatoms. The Bertz CT molecular complexity index is 482. The van der Waals surface area contributed by atoms with Crippen LogP contribution in [0.1, 0.15) is 12.8 Å². The van der Waals surface area contributed by atoms with Crippen LogP contribution in [-0.2, 0) is 16.1 Å². The number of anilines is 1. The number of rotatable bonds is 3. The molecule has 0 radical (unpaired) electrons. The molecule has 1 saturated heterocycles. The molecule has 1 atom stereocenters. The van der Waals surface area contributed by atoms with Gasteiger partial charge in [-0.3, -0.25) is 14.3 Å². The van der Waals surface area contributed by atoms with Gasteiger partial charge >= 0.3 is 0 Å². The predicted octanol–water partition coefficient (Wildman–Crippen LogP) is -0.455. The Labute approximate surface area is 111 Å². The van der Waals surface area contributed by atoms with E-state index in [-0.39, 0.29) is 24.4 Å². The molecule has 2 N–H and O–H groups in total. The van der Waals surface area contributed by atoms with E-state index in [0.29, 0.717) is 12.4 Å². The lowest BCUT2D eigenvalue weighted by atomic mass is 10.2. The van der Waals surface area contributed by atoms with E-state index < -0.39 is 0 Å². The summed E-state index contributed by atoms with van der Waals surface area (Å²) in [5.74, 6) is 0.266. The van der Waals surface area contributed by atoms with Crippen LogP contribution in [0.25, 0.3) is 0 Å². The number of hydrogen-bond donors (Lipinski definition) is 1. The molecule has 0 aromatic carbocycles. The summed E-state index contributed by atoms with van der Waals surface area (Å²) in [6.07, 6.45) is 3.24. The maximum atomic E-state index is 12.2. The highest BCUT2D eigenvalue weighted by atomic mass is 16.2. The van der Waals surface area contributed by atoms with E-state index in [0.717, 1.165) is 12.8 Å². The van der Waals surface area contributed by atoms with Gasteiger partial charge in [0.2, 0.25) is 11.8 Å². The SMILES string of the molecule is CN(C)C(=O)C1CCCN1C(=O)Cn1ccc(N)n1. The predicted molar refractivity (Wildman–Crippen MR) is 70.1 cm³/mol. The van der Waals surface area contributed by atoms with Gasteiger partial charge in [-0.15, -0.1) is 0 Å². The number of carbonyl (C=O) groups is 2. The monoisotopic (exact) mass is 265 g/mol. The van der Waals surface area contributed by atoms with Crippen LogP contribution >= 0.6 is 0 Å². The summed E-state index contributed by atoms with van der Waals surface area (Å²) >= 11 is 0. The van der Waals surface area contributed by atoms with Gasteiger partial charge in [0.25, 0.3) is 0 Å². The van der Waals surface area contributed by atoms with Crippen molar-refractivity contribution in [1.82, 2.24) is 19.6 Å². The van der Waals surface area contributed by atoms with Crippen LogP contribution in [0.4, 0.5) is 5.82 Å². The van der Waals surface area contributed by atoms with E-state index in [1.54, 1.807) is 31.3 Å². The zero-order chi connectivity index (χ0) is 14.0. The van der Waals surface area contributed by atoms with Crippen LogP contribution in [0.3, 0.4) is 0 Å². The minimum absolute atomic E-state index is 0.0224. The van der Waals surface area contributed by atoms with Gasteiger partial charge in [0.05, 0.1) is 0 Å². The number of nitrogens with two attached hydrogens (primary N) is 1. The van der Waals surface area contributed by atoms with Crippen molar-refractivity contribution in [1.29, 1.82) is 0 Å². The lowest BCUT2D eigenvalue weighted by Gasteiger charge is -2.26. The molecular formula is C12H19N5O2. The summed E-state index contributed by atoms with van der Waals surface area (Å²) in [5, 5.41) is 3.98. The zero-order valence-corrected chi connectivity index (χ0v) is 11.2. The number of carbonyl (C=O) groups excluding carboxylic acids is 2. The van der Waals surface area contributed by atoms with Crippen LogP contribution in [0.5, 0.6) is 0 Å². The third kappa shape index (κ3) is 2.86. The Morgan fingerprint density at radius 2 is 2.26 bits per heavy atom. The van der Waals surface area contributed by atoms with E-state index in [4.69, 9.17) is 5.73 Å². The molecule has 104 valence electrons. The lowest BCUT2D eigenvalue weighted by Crippen LogP contribution is -2.46. The Hall–Kier alpha value is -2.05. The average Bonchev–Trinajstić information content (AvgIpc) is 2.96. The minimum Gasteiger partial charge on any atom is -0.382 e. The lowest BCUT2D eigenvalue weighted by molar-refractivity contribution is -0.142. The van der Waals surface area contributed by atoms with E-state index in [1.807, 2.05) is 0 Å². The van der Waals surface area contributed by atoms with Gasteiger partial charge in [0.15, 0.2) is 0 Å². The molecule has 1 aliphatic rings. The van der Waals surface area contributed by atoms with Gasteiger partial charge < -0.3 is 15.5 Å². The summed E-state index contributed by atoms with van der Waals surface area (Å²) in [5.41, 5.74) is 5.51. The number of nitrogen functional groups attached to an aromatic ring is 1. The molecule has 0 aliphatic carbocycles. The smallest absolute Gasteiger partial charge is 0.244 e. The molecule has 1 aromatic rings. The molecule has 0 bridgehead atoms. The highest BCUT2D eigenvalue weighted by Gasteiger charge is 2.34. The van der Waals surface area contributed by atoms with Crippen molar-refractivity contribution in [3.63, 3.8) is 0 Å². The Morgan fingerprint density at radius 3 is 2.84 bits per heavy atom. The van der Waals surface area contributed by atoms with Crippen molar-refractivity contribution in [3.8, 4) is 0 Å². The van der Waals surface area contributed by atoms with Gasteiger partial charge in [-0.25, -0.2) is 0 Å². The first-order chi connectivity index (χ1) is 8.99. The molecule has 2 heterocycles. The second-order valence-corrected chi connectivity index (χ2v) is 4.92. The molecule has 19 heavy (non-hydrogen) atoms. The quantitative estimate of drug-likeness (QED) is 0.802. The van der Waals surface area contributed by atoms with E-state index in [2.05, 4.69) is 5.10 Å². The van der Waals surface area contributed by atoms with E-state index in [1.165, 1.54) is 9.58 Å². The third-order valence-corrected chi connectivity index (χ3v) is 3.26. The molecule has 1 aliphatic heterocycles. The number of aromatic nitrogens is 2. The number of likely N-dealkylation sites (N-methyl/N-ethyl adjacent to an activating group) is 1. The van der Waals surface area contributed by atoms with Crippen LogP contribution in [0.2, 0.25) is 0 Å². The number of nitrogens with zero attached hydrogens (tertiary/aromatic N) is 4. The molecule has 1 fully saturated rings. The first-order valence-corrected chi connectivity index (χ1v) is 6.28. The van der Waals surface area contributed by atoms with Crippen molar-refractivity contribution in [3.05, 3.63) is 12.3 Å². The van der Waals surface area contributed by atoms with Crippen molar-refractivity contribution in [2.75, 3.05) is 26.4 Å². The minimum atomic E-state index is -0.338. The maximum absolute atomic E-state index is 12.2. The van der Waals surface area contributed by atoms with Crippen molar-refractivity contribution >= 4 is 17.6 Å². The molecule has 2 amide bonds. The average molecular weight is 265 g/mol. The molecule has 2 rings (SSSR count). The van der Waals surface area contributed by atoms with Crippen LogP contribution in [0, 0.1) is 0 Å². The van der Waals surface area contributed by atoms with Gasteiger partial charge in [0, 0.05) is 26.8 Å².